The van der Waals surface area contributed by atoms with E-state index in [0.29, 0.717) is 25.7 Å². The molecule has 0 aromatic heterocycles. The molecule has 0 spiro atoms. The second-order valence-electron chi connectivity index (χ2n) is 20.1. The highest BCUT2D eigenvalue weighted by atomic mass is 16.7. The molecule has 6 aliphatic rings. The number of allylic oxidation sites excluding steroid dienone is 2. The molecule has 2 saturated heterocycles. The highest BCUT2D eigenvalue weighted by Gasteiger charge is 2.72. The van der Waals surface area contributed by atoms with Crippen LogP contribution in [0.2, 0.25) is 0 Å². The van der Waals surface area contributed by atoms with Gasteiger partial charge in [0.15, 0.2) is 12.6 Å². The molecule has 0 bridgehead atoms. The number of hydrogen-bond acceptors (Lipinski definition) is 13. The van der Waals surface area contributed by atoms with Gasteiger partial charge in [-0.05, 0) is 124 Å². The lowest BCUT2D eigenvalue weighted by molar-refractivity contribution is -0.338. The van der Waals surface area contributed by atoms with E-state index in [0.717, 1.165) is 32.1 Å². The predicted octanol–water partition coefficient (Wildman–Crippen LogP) is 2.15. The van der Waals surface area contributed by atoms with E-state index in [-0.39, 0.29) is 51.4 Å². The van der Waals surface area contributed by atoms with Gasteiger partial charge >= 0.3 is 0 Å². The van der Waals surface area contributed by atoms with Crippen molar-refractivity contribution < 1.29 is 64.9 Å². The maximum Gasteiger partial charge on any atom is 0.187 e. The van der Waals surface area contributed by atoms with Crippen molar-refractivity contribution in [2.24, 2.45) is 45.3 Å². The normalized spacial score (nSPS) is 52.0. The third-order valence-electron chi connectivity index (χ3n) is 16.7. The zero-order valence-electron chi connectivity index (χ0n) is 34.3. The SMILES string of the molecule is CC(C)=CCCC(C)(O[C@@H]1O[C@H](CO)[C@@H](O)[C@H](O)[C@H]1O)C1CCC2(C)C1C(O)CC1C3(C)CCC(O[C@@H]4O[C@H](CO)[C@@H](O)[C@H](O)[C@H]4O)C(C)(C)C3CCC12C. The smallest absolute Gasteiger partial charge is 0.187 e. The van der Waals surface area contributed by atoms with Crippen LogP contribution >= 0.6 is 0 Å². The molecule has 4 saturated carbocycles. The Hall–Kier alpha value is -0.780. The molecule has 0 amide bonds. The van der Waals surface area contributed by atoms with Crippen LogP contribution in [0.1, 0.15) is 113 Å². The monoisotopic (exact) mass is 784 g/mol. The van der Waals surface area contributed by atoms with Gasteiger partial charge in [-0.25, -0.2) is 0 Å². The first-order chi connectivity index (χ1) is 25.6. The molecule has 6 rings (SSSR count). The minimum Gasteiger partial charge on any atom is -0.394 e. The van der Waals surface area contributed by atoms with Gasteiger partial charge in [-0.15, -0.1) is 0 Å². The molecule has 0 aromatic carbocycles. The van der Waals surface area contributed by atoms with E-state index >= 15 is 0 Å². The van der Waals surface area contributed by atoms with Crippen LogP contribution in [0.4, 0.5) is 0 Å². The second-order valence-corrected chi connectivity index (χ2v) is 20.1. The van der Waals surface area contributed by atoms with Crippen LogP contribution in [0.3, 0.4) is 0 Å². The average Bonchev–Trinajstić information content (AvgIpc) is 3.51. The van der Waals surface area contributed by atoms with E-state index in [2.05, 4.69) is 40.7 Å². The topological polar surface area (TPSA) is 219 Å². The molecule has 2 heterocycles. The van der Waals surface area contributed by atoms with E-state index < -0.39 is 86.3 Å². The largest absolute Gasteiger partial charge is 0.394 e. The highest BCUT2D eigenvalue weighted by Crippen LogP contribution is 2.76. The number of rotatable bonds is 10. The lowest BCUT2D eigenvalue weighted by Crippen LogP contribution is -2.67. The Balaban J connectivity index is 1.26. The molecule has 20 atom stereocenters. The Labute approximate surface area is 327 Å². The Bertz CT molecular complexity index is 1370. The van der Waals surface area contributed by atoms with Crippen molar-refractivity contribution in [3.8, 4) is 0 Å². The number of aliphatic hydroxyl groups is 9. The van der Waals surface area contributed by atoms with Gasteiger partial charge in [-0.1, -0.05) is 46.3 Å². The van der Waals surface area contributed by atoms with Crippen molar-refractivity contribution in [3.05, 3.63) is 11.6 Å². The molecular weight excluding hydrogens is 712 g/mol. The summed E-state index contributed by atoms with van der Waals surface area (Å²) in [6.45, 7) is 16.6. The van der Waals surface area contributed by atoms with Crippen LogP contribution in [0.5, 0.6) is 0 Å². The van der Waals surface area contributed by atoms with Gasteiger partial charge in [0.2, 0.25) is 0 Å². The molecule has 318 valence electrons. The summed E-state index contributed by atoms with van der Waals surface area (Å²) in [5.74, 6) is 0.196. The van der Waals surface area contributed by atoms with Crippen molar-refractivity contribution in [1.29, 1.82) is 0 Å². The van der Waals surface area contributed by atoms with Gasteiger partial charge in [-0.3, -0.25) is 0 Å². The standard InChI is InChI=1S/C42H72O13/c1-21(2)10-9-14-42(8,55-37-35(51)33(49)31(47)25(20-44)53-37)22-11-16-41(7)29(22)23(45)18-27-39(5)15-13-28(38(3,4)26(39)12-17-40(27,41)6)54-36-34(50)32(48)30(46)24(19-43)52-36/h10,22-37,43-51H,9,11-20H2,1-8H3/t22?,23?,24-,25-,26?,27?,28?,29?,30-,31-,32+,33+,34-,35-,36+,37+,39?,40?,41?,42?/m1/s1. The molecule has 9 N–H and O–H groups in total. The molecule has 13 heteroatoms. The van der Waals surface area contributed by atoms with Gasteiger partial charge < -0.3 is 64.9 Å². The van der Waals surface area contributed by atoms with E-state index in [9.17, 15) is 46.0 Å². The van der Waals surface area contributed by atoms with Crippen molar-refractivity contribution >= 4 is 0 Å². The number of fused-ring (bicyclic) bond motifs is 5. The Morgan fingerprint density at radius 2 is 1.27 bits per heavy atom. The summed E-state index contributed by atoms with van der Waals surface area (Å²) in [7, 11) is 0. The maximum atomic E-state index is 12.5. The molecular formula is C42H72O13. The first-order valence-electron chi connectivity index (χ1n) is 20.9. The molecule has 4 aliphatic carbocycles. The van der Waals surface area contributed by atoms with Crippen molar-refractivity contribution in [2.75, 3.05) is 13.2 Å². The lowest BCUT2D eigenvalue weighted by atomic mass is 9.35. The minimum atomic E-state index is -1.55. The molecule has 6 fully saturated rings. The molecule has 13 nitrogen and oxygen atoms in total. The molecule has 0 radical (unpaired) electrons. The zero-order chi connectivity index (χ0) is 40.6. The summed E-state index contributed by atoms with van der Waals surface area (Å²) in [5, 5.41) is 95.9. The van der Waals surface area contributed by atoms with Crippen molar-refractivity contribution in [2.45, 2.75) is 192 Å². The van der Waals surface area contributed by atoms with Crippen molar-refractivity contribution in [3.63, 3.8) is 0 Å². The highest BCUT2D eigenvalue weighted by molar-refractivity contribution is 5.20. The maximum absolute atomic E-state index is 12.5. The van der Waals surface area contributed by atoms with Crippen LogP contribution in [-0.2, 0) is 18.9 Å². The Kier molecular flexibility index (Phi) is 12.5. The third-order valence-corrected chi connectivity index (χ3v) is 16.7. The number of hydrogen-bond donors (Lipinski definition) is 9. The fraction of sp³-hybridized carbons (Fsp3) is 0.952. The lowest BCUT2D eigenvalue weighted by Gasteiger charge is -2.71. The Morgan fingerprint density at radius 3 is 1.85 bits per heavy atom. The van der Waals surface area contributed by atoms with Gasteiger partial charge in [0.25, 0.3) is 0 Å². The summed E-state index contributed by atoms with van der Waals surface area (Å²) in [5.41, 5.74) is -0.592. The molecule has 55 heavy (non-hydrogen) atoms. The zero-order valence-corrected chi connectivity index (χ0v) is 34.3. The van der Waals surface area contributed by atoms with Crippen LogP contribution in [0, 0.1) is 45.3 Å². The summed E-state index contributed by atoms with van der Waals surface area (Å²) in [6.07, 6.45) is -5.39. The molecule has 10 unspecified atom stereocenters. The Morgan fingerprint density at radius 1 is 0.709 bits per heavy atom. The van der Waals surface area contributed by atoms with Crippen LogP contribution < -0.4 is 0 Å². The van der Waals surface area contributed by atoms with E-state index in [1.807, 2.05) is 20.8 Å². The fourth-order valence-electron chi connectivity index (χ4n) is 13.4. The minimum absolute atomic E-state index is 0.104. The van der Waals surface area contributed by atoms with Gasteiger partial charge in [0.1, 0.15) is 48.8 Å². The van der Waals surface area contributed by atoms with E-state index in [1.165, 1.54) is 5.57 Å². The summed E-state index contributed by atoms with van der Waals surface area (Å²) in [4.78, 5) is 0. The van der Waals surface area contributed by atoms with E-state index in [4.69, 9.17) is 18.9 Å². The molecule has 2 aliphatic heterocycles. The van der Waals surface area contributed by atoms with Gasteiger partial charge in [-0.2, -0.15) is 0 Å². The van der Waals surface area contributed by atoms with Crippen molar-refractivity contribution in [1.82, 2.24) is 0 Å². The average molecular weight is 785 g/mol. The summed E-state index contributed by atoms with van der Waals surface area (Å²) < 4.78 is 24.9. The summed E-state index contributed by atoms with van der Waals surface area (Å²) >= 11 is 0. The third kappa shape index (κ3) is 7.10. The van der Waals surface area contributed by atoms with Crippen LogP contribution in [0.15, 0.2) is 11.6 Å². The second kappa shape index (κ2) is 15.7. The van der Waals surface area contributed by atoms with Gasteiger partial charge in [0, 0.05) is 0 Å². The number of ether oxygens (including phenoxy) is 4. The van der Waals surface area contributed by atoms with E-state index in [1.54, 1.807) is 0 Å². The van der Waals surface area contributed by atoms with Crippen LogP contribution in [0.25, 0.3) is 0 Å². The van der Waals surface area contributed by atoms with Crippen LogP contribution in [-0.4, -0.2) is 138 Å². The molecule has 0 aromatic rings. The van der Waals surface area contributed by atoms with Gasteiger partial charge in [0.05, 0.1) is 31.0 Å². The first kappa shape index (κ1) is 43.8. The fourth-order valence-corrected chi connectivity index (χ4v) is 13.4. The number of aliphatic hydroxyl groups excluding tert-OH is 9. The predicted molar refractivity (Wildman–Crippen MR) is 201 cm³/mol. The quantitative estimate of drug-likeness (QED) is 0.115. The first-order valence-corrected chi connectivity index (χ1v) is 20.9. The summed E-state index contributed by atoms with van der Waals surface area (Å²) in [6, 6.07) is 0.